The number of hydrogen-bond acceptors (Lipinski definition) is 4. The number of carbonyl (C=O) groups is 1. The second-order valence-corrected chi connectivity index (χ2v) is 4.94. The van der Waals surface area contributed by atoms with E-state index < -0.39 is 0 Å². The summed E-state index contributed by atoms with van der Waals surface area (Å²) in [5, 5.41) is 6.15. The van der Waals surface area contributed by atoms with Crippen LogP contribution in [0.2, 0.25) is 0 Å². The van der Waals surface area contributed by atoms with Crippen LogP contribution >= 0.6 is 0 Å². The highest BCUT2D eigenvalue weighted by molar-refractivity contribution is 5.76. The van der Waals surface area contributed by atoms with Gasteiger partial charge in [-0.05, 0) is 19.9 Å². The van der Waals surface area contributed by atoms with Gasteiger partial charge in [0.15, 0.2) is 0 Å². The Hall–Kier alpha value is -0.650. The molecule has 2 N–H and O–H groups in total. The zero-order chi connectivity index (χ0) is 12.1. The summed E-state index contributed by atoms with van der Waals surface area (Å²) < 4.78 is 5.63. The van der Waals surface area contributed by atoms with E-state index in [-0.39, 0.29) is 12.0 Å². The van der Waals surface area contributed by atoms with Gasteiger partial charge in [0.1, 0.15) is 0 Å². The van der Waals surface area contributed by atoms with E-state index in [0.717, 1.165) is 45.6 Å². The van der Waals surface area contributed by atoms with Gasteiger partial charge in [0.2, 0.25) is 5.91 Å². The molecule has 5 heteroatoms. The molecule has 1 aliphatic heterocycles. The predicted octanol–water partition coefficient (Wildman–Crippen LogP) is -0.425. The van der Waals surface area contributed by atoms with Crippen LogP contribution < -0.4 is 10.6 Å². The van der Waals surface area contributed by atoms with Crippen LogP contribution in [0.5, 0.6) is 0 Å². The molecule has 0 spiro atoms. The molecular formula is C12H23N3O2. The minimum atomic E-state index is 0.198. The molecule has 0 aromatic carbocycles. The summed E-state index contributed by atoms with van der Waals surface area (Å²) >= 11 is 0. The molecule has 2 rings (SSSR count). The SMILES string of the molecule is CNCC1CN(CCC(=O)NC2CC2)CCO1. The molecule has 5 nitrogen and oxygen atoms in total. The number of amides is 1. The van der Waals surface area contributed by atoms with Crippen molar-refractivity contribution in [3.63, 3.8) is 0 Å². The van der Waals surface area contributed by atoms with Crippen molar-refractivity contribution in [2.75, 3.05) is 39.8 Å². The molecule has 1 saturated heterocycles. The number of likely N-dealkylation sites (N-methyl/N-ethyl adjacent to an activating group) is 1. The van der Waals surface area contributed by atoms with Crippen molar-refractivity contribution in [2.24, 2.45) is 0 Å². The number of carbonyl (C=O) groups excluding carboxylic acids is 1. The van der Waals surface area contributed by atoms with Crippen LogP contribution in [0.4, 0.5) is 0 Å². The van der Waals surface area contributed by atoms with Crippen LogP contribution in [0, 0.1) is 0 Å². The molecule has 0 bridgehead atoms. The Labute approximate surface area is 103 Å². The molecule has 1 unspecified atom stereocenters. The maximum absolute atomic E-state index is 11.6. The molecule has 1 heterocycles. The van der Waals surface area contributed by atoms with Gasteiger partial charge in [-0.1, -0.05) is 0 Å². The average molecular weight is 241 g/mol. The molecule has 1 aliphatic carbocycles. The second kappa shape index (κ2) is 6.33. The van der Waals surface area contributed by atoms with Crippen LogP contribution in [0.1, 0.15) is 19.3 Å². The van der Waals surface area contributed by atoms with Crippen molar-refractivity contribution < 1.29 is 9.53 Å². The molecule has 1 saturated carbocycles. The Balaban J connectivity index is 1.62. The highest BCUT2D eigenvalue weighted by Gasteiger charge is 2.24. The van der Waals surface area contributed by atoms with Gasteiger partial charge in [-0.25, -0.2) is 0 Å². The smallest absolute Gasteiger partial charge is 0.221 e. The monoisotopic (exact) mass is 241 g/mol. The van der Waals surface area contributed by atoms with Crippen LogP contribution in [0.3, 0.4) is 0 Å². The molecule has 2 fully saturated rings. The molecule has 1 amide bonds. The normalized spacial score (nSPS) is 25.8. The molecule has 17 heavy (non-hydrogen) atoms. The summed E-state index contributed by atoms with van der Waals surface area (Å²) in [5.41, 5.74) is 0. The zero-order valence-corrected chi connectivity index (χ0v) is 10.6. The highest BCUT2D eigenvalue weighted by atomic mass is 16.5. The maximum Gasteiger partial charge on any atom is 0.221 e. The lowest BCUT2D eigenvalue weighted by atomic mass is 10.2. The van der Waals surface area contributed by atoms with Gasteiger partial charge in [-0.15, -0.1) is 0 Å². The number of nitrogens with zero attached hydrogens (tertiary/aromatic N) is 1. The Morgan fingerprint density at radius 2 is 2.29 bits per heavy atom. The van der Waals surface area contributed by atoms with Gasteiger partial charge in [0, 0.05) is 38.6 Å². The lowest BCUT2D eigenvalue weighted by molar-refractivity contribution is -0.122. The van der Waals surface area contributed by atoms with Crippen LogP contribution in [0.25, 0.3) is 0 Å². The minimum Gasteiger partial charge on any atom is -0.374 e. The molecule has 2 aliphatic rings. The summed E-state index contributed by atoms with van der Waals surface area (Å²) in [7, 11) is 1.94. The van der Waals surface area contributed by atoms with Crippen molar-refractivity contribution in [3.05, 3.63) is 0 Å². The number of ether oxygens (including phenoxy) is 1. The first kappa shape index (κ1) is 12.8. The van der Waals surface area contributed by atoms with Crippen LogP contribution in [-0.4, -0.2) is 62.8 Å². The van der Waals surface area contributed by atoms with Crippen molar-refractivity contribution in [1.82, 2.24) is 15.5 Å². The van der Waals surface area contributed by atoms with E-state index in [0.29, 0.717) is 12.5 Å². The van der Waals surface area contributed by atoms with Crippen molar-refractivity contribution in [1.29, 1.82) is 0 Å². The fraction of sp³-hybridized carbons (Fsp3) is 0.917. The minimum absolute atomic E-state index is 0.198. The van der Waals surface area contributed by atoms with E-state index >= 15 is 0 Å². The number of hydrogen-bond donors (Lipinski definition) is 2. The summed E-state index contributed by atoms with van der Waals surface area (Å²) in [6.45, 7) is 4.37. The number of rotatable bonds is 6. The van der Waals surface area contributed by atoms with Crippen molar-refractivity contribution in [2.45, 2.75) is 31.4 Å². The lowest BCUT2D eigenvalue weighted by Gasteiger charge is -2.32. The number of morpholine rings is 1. The summed E-state index contributed by atoms with van der Waals surface area (Å²) in [6.07, 6.45) is 3.20. The number of nitrogens with one attached hydrogen (secondary N) is 2. The Morgan fingerprint density at radius 3 is 3.00 bits per heavy atom. The molecule has 0 aromatic heterocycles. The Bertz CT molecular complexity index is 254. The first-order valence-corrected chi connectivity index (χ1v) is 6.56. The van der Waals surface area contributed by atoms with E-state index in [4.69, 9.17) is 4.74 Å². The van der Waals surface area contributed by atoms with Crippen molar-refractivity contribution >= 4 is 5.91 Å². The largest absolute Gasteiger partial charge is 0.374 e. The van der Waals surface area contributed by atoms with E-state index in [2.05, 4.69) is 15.5 Å². The second-order valence-electron chi connectivity index (χ2n) is 4.94. The fourth-order valence-corrected chi connectivity index (χ4v) is 2.12. The van der Waals surface area contributed by atoms with E-state index in [1.54, 1.807) is 0 Å². The third-order valence-electron chi connectivity index (χ3n) is 3.25. The topological polar surface area (TPSA) is 53.6 Å². The van der Waals surface area contributed by atoms with E-state index in [1.807, 2.05) is 7.05 Å². The van der Waals surface area contributed by atoms with Gasteiger partial charge in [-0.3, -0.25) is 9.69 Å². The lowest BCUT2D eigenvalue weighted by Crippen LogP contribution is -2.47. The zero-order valence-electron chi connectivity index (χ0n) is 10.6. The maximum atomic E-state index is 11.6. The van der Waals surface area contributed by atoms with Crippen LogP contribution in [0.15, 0.2) is 0 Å². The highest BCUT2D eigenvalue weighted by Crippen LogP contribution is 2.18. The predicted molar refractivity (Wildman–Crippen MR) is 65.9 cm³/mol. The first-order chi connectivity index (χ1) is 8.28. The molecule has 1 atom stereocenters. The molecule has 0 radical (unpaired) electrons. The van der Waals surface area contributed by atoms with Gasteiger partial charge in [0.25, 0.3) is 0 Å². The molecule has 0 aromatic rings. The van der Waals surface area contributed by atoms with Gasteiger partial charge >= 0.3 is 0 Å². The van der Waals surface area contributed by atoms with E-state index in [1.165, 1.54) is 0 Å². The summed E-state index contributed by atoms with van der Waals surface area (Å²) in [5.74, 6) is 0.198. The Kier molecular flexibility index (Phi) is 4.76. The van der Waals surface area contributed by atoms with Gasteiger partial charge < -0.3 is 15.4 Å². The third-order valence-corrected chi connectivity index (χ3v) is 3.25. The third kappa shape index (κ3) is 4.61. The average Bonchev–Trinajstić information content (AvgIpc) is 3.11. The standard InChI is InChI=1S/C12H23N3O2/c1-13-8-11-9-15(6-7-17-11)5-4-12(16)14-10-2-3-10/h10-11,13H,2-9H2,1H3,(H,14,16). The van der Waals surface area contributed by atoms with Crippen molar-refractivity contribution in [3.8, 4) is 0 Å². The molecular weight excluding hydrogens is 218 g/mol. The summed E-state index contributed by atoms with van der Waals surface area (Å²) in [6, 6.07) is 0.476. The molecule has 98 valence electrons. The fourth-order valence-electron chi connectivity index (χ4n) is 2.12. The van der Waals surface area contributed by atoms with E-state index in [9.17, 15) is 4.79 Å². The van der Waals surface area contributed by atoms with Gasteiger partial charge in [0.05, 0.1) is 12.7 Å². The summed E-state index contributed by atoms with van der Waals surface area (Å²) in [4.78, 5) is 13.9. The van der Waals surface area contributed by atoms with Crippen LogP contribution in [-0.2, 0) is 9.53 Å². The van der Waals surface area contributed by atoms with Gasteiger partial charge in [-0.2, -0.15) is 0 Å². The quantitative estimate of drug-likeness (QED) is 0.663. The first-order valence-electron chi connectivity index (χ1n) is 6.56. The Morgan fingerprint density at radius 1 is 1.47 bits per heavy atom.